The molecule has 64 valence electrons. The van der Waals surface area contributed by atoms with E-state index in [1.165, 1.54) is 0 Å². The molecule has 0 aromatic heterocycles. The van der Waals surface area contributed by atoms with Crippen LogP contribution in [0.5, 0.6) is 0 Å². The molecule has 2 N–H and O–H groups in total. The molecule has 0 spiro atoms. The molecule has 0 aliphatic rings. The highest BCUT2D eigenvalue weighted by Gasteiger charge is 1.98. The number of carbonyl (C=O) groups excluding carboxylic acids is 1. The first-order valence-electron chi connectivity index (χ1n) is 3.59. The maximum absolute atomic E-state index is 10.8. The highest BCUT2D eigenvalue weighted by atomic mass is 16.2. The first kappa shape index (κ1) is 9.94. The van der Waals surface area contributed by atoms with Gasteiger partial charge in [0.2, 0.25) is 0 Å². The number of rotatable bonds is 2. The molecule has 0 unspecified atom stereocenters. The van der Waals surface area contributed by atoms with Gasteiger partial charge in [0.25, 0.3) is 0 Å². The maximum Gasteiger partial charge on any atom is 0.335 e. The molecule has 11 heavy (non-hydrogen) atoms. The monoisotopic (exact) mass is 157 g/mol. The molecule has 0 aliphatic heterocycles. The predicted molar refractivity (Wildman–Crippen MR) is 45.6 cm³/mol. The van der Waals surface area contributed by atoms with E-state index in [2.05, 4.69) is 15.8 Å². The van der Waals surface area contributed by atoms with Gasteiger partial charge in [0.05, 0.1) is 0 Å². The molecule has 0 aromatic carbocycles. The van der Waals surface area contributed by atoms with E-state index in [1.54, 1.807) is 0 Å². The van der Waals surface area contributed by atoms with E-state index in [4.69, 9.17) is 0 Å². The van der Waals surface area contributed by atoms with Gasteiger partial charge in [-0.25, -0.2) is 10.2 Å². The van der Waals surface area contributed by atoms with Gasteiger partial charge >= 0.3 is 6.03 Å². The molecule has 0 rings (SSSR count). The molecule has 0 aromatic rings. The van der Waals surface area contributed by atoms with Crippen molar-refractivity contribution in [3.63, 3.8) is 0 Å². The van der Waals surface area contributed by atoms with Crippen LogP contribution >= 0.6 is 0 Å². The van der Waals surface area contributed by atoms with Crippen molar-refractivity contribution in [1.82, 2.24) is 10.7 Å². The molecular weight excluding hydrogens is 142 g/mol. The zero-order valence-electron chi connectivity index (χ0n) is 7.43. The Hall–Kier alpha value is -1.06. The van der Waals surface area contributed by atoms with Gasteiger partial charge in [-0.3, -0.25) is 0 Å². The Balaban J connectivity index is 3.62. The maximum atomic E-state index is 10.8. The molecule has 0 saturated carbocycles. The third kappa shape index (κ3) is 6.83. The van der Waals surface area contributed by atoms with Gasteiger partial charge < -0.3 is 5.32 Å². The number of hydrazone groups is 1. The molecule has 4 nitrogen and oxygen atoms in total. The van der Waals surface area contributed by atoms with Gasteiger partial charge in [0, 0.05) is 11.8 Å². The fourth-order valence-corrected chi connectivity index (χ4v) is 0.457. The average Bonchev–Trinajstić information content (AvgIpc) is 1.82. The largest absolute Gasteiger partial charge is 0.335 e. The third-order valence-corrected chi connectivity index (χ3v) is 0.801. The Morgan fingerprint density at radius 1 is 1.36 bits per heavy atom. The summed E-state index contributed by atoms with van der Waals surface area (Å²) in [4.78, 5) is 10.8. The fraction of sp³-hybridized carbons (Fsp3) is 0.714. The minimum absolute atomic E-state index is 0.141. The minimum Gasteiger partial charge on any atom is -0.335 e. The molecule has 0 bridgehead atoms. The lowest BCUT2D eigenvalue weighted by atomic mass is 10.4. The molecule has 0 fully saturated rings. The third-order valence-electron chi connectivity index (χ3n) is 0.801. The van der Waals surface area contributed by atoms with Gasteiger partial charge in [-0.05, 0) is 27.7 Å². The number of hydrogen-bond acceptors (Lipinski definition) is 2. The van der Waals surface area contributed by atoms with E-state index < -0.39 is 0 Å². The van der Waals surface area contributed by atoms with Crippen LogP contribution in [-0.4, -0.2) is 17.8 Å². The summed E-state index contributed by atoms with van der Waals surface area (Å²) in [6.07, 6.45) is 0. The Morgan fingerprint density at radius 2 is 1.91 bits per heavy atom. The highest BCUT2D eigenvalue weighted by molar-refractivity contribution is 5.81. The second kappa shape index (κ2) is 4.71. The van der Waals surface area contributed by atoms with E-state index in [9.17, 15) is 4.79 Å². The van der Waals surface area contributed by atoms with Crippen LogP contribution in [0.4, 0.5) is 4.79 Å². The van der Waals surface area contributed by atoms with E-state index >= 15 is 0 Å². The van der Waals surface area contributed by atoms with E-state index in [1.807, 2.05) is 27.7 Å². The van der Waals surface area contributed by atoms with Crippen molar-refractivity contribution in [3.8, 4) is 0 Å². The molecule has 0 atom stereocenters. The van der Waals surface area contributed by atoms with Crippen LogP contribution in [0.25, 0.3) is 0 Å². The van der Waals surface area contributed by atoms with Crippen LogP contribution in [0, 0.1) is 0 Å². The summed E-state index contributed by atoms with van der Waals surface area (Å²) in [7, 11) is 0. The topological polar surface area (TPSA) is 53.5 Å². The molecule has 0 heterocycles. The number of urea groups is 1. The second-order valence-electron chi connectivity index (χ2n) is 2.80. The first-order chi connectivity index (χ1) is 5.02. The van der Waals surface area contributed by atoms with E-state index in [0.717, 1.165) is 5.71 Å². The lowest BCUT2D eigenvalue weighted by molar-refractivity contribution is 0.239. The van der Waals surface area contributed by atoms with Crippen molar-refractivity contribution in [3.05, 3.63) is 0 Å². The molecule has 0 radical (unpaired) electrons. The van der Waals surface area contributed by atoms with Crippen molar-refractivity contribution in [1.29, 1.82) is 0 Å². The van der Waals surface area contributed by atoms with Gasteiger partial charge in [-0.15, -0.1) is 0 Å². The van der Waals surface area contributed by atoms with Crippen molar-refractivity contribution in [2.24, 2.45) is 5.10 Å². The SMILES string of the molecule is CC(C)=NNC(=O)NC(C)C. The van der Waals surface area contributed by atoms with E-state index in [-0.39, 0.29) is 12.1 Å². The zero-order chi connectivity index (χ0) is 8.85. The molecule has 0 saturated heterocycles. The predicted octanol–water partition coefficient (Wildman–Crippen LogP) is 1.09. The van der Waals surface area contributed by atoms with Crippen LogP contribution in [0.3, 0.4) is 0 Å². The van der Waals surface area contributed by atoms with Crippen molar-refractivity contribution < 1.29 is 4.79 Å². The molecule has 2 amide bonds. The van der Waals surface area contributed by atoms with Crippen LogP contribution in [-0.2, 0) is 0 Å². The van der Waals surface area contributed by atoms with Crippen LogP contribution in [0.15, 0.2) is 5.10 Å². The average molecular weight is 157 g/mol. The van der Waals surface area contributed by atoms with Crippen molar-refractivity contribution >= 4 is 11.7 Å². The highest BCUT2D eigenvalue weighted by Crippen LogP contribution is 1.76. The summed E-state index contributed by atoms with van der Waals surface area (Å²) >= 11 is 0. The summed E-state index contributed by atoms with van der Waals surface area (Å²) in [6.45, 7) is 7.41. The smallest absolute Gasteiger partial charge is 0.335 e. The molecular formula is C7H15N3O. The Kier molecular flexibility index (Phi) is 4.26. The lowest BCUT2D eigenvalue weighted by Crippen LogP contribution is -2.37. The normalized spacial score (nSPS) is 9.18. The number of hydrogen-bond donors (Lipinski definition) is 2. The Labute approximate surface area is 67.1 Å². The van der Waals surface area contributed by atoms with Crippen LogP contribution in [0.2, 0.25) is 0 Å². The van der Waals surface area contributed by atoms with Crippen molar-refractivity contribution in [2.75, 3.05) is 0 Å². The fourth-order valence-electron chi connectivity index (χ4n) is 0.457. The van der Waals surface area contributed by atoms with Gasteiger partial charge in [0.1, 0.15) is 0 Å². The van der Waals surface area contributed by atoms with Crippen LogP contribution in [0.1, 0.15) is 27.7 Å². The van der Waals surface area contributed by atoms with Gasteiger partial charge in [-0.1, -0.05) is 0 Å². The van der Waals surface area contributed by atoms with Crippen molar-refractivity contribution in [2.45, 2.75) is 33.7 Å². The Morgan fingerprint density at radius 3 is 2.27 bits per heavy atom. The number of amides is 2. The standard InChI is InChI=1S/C7H15N3O/c1-5(2)8-7(11)10-9-6(3)4/h5H,1-4H3,(H2,8,10,11). The second-order valence-corrected chi connectivity index (χ2v) is 2.80. The Bertz CT molecular complexity index is 159. The zero-order valence-corrected chi connectivity index (χ0v) is 7.43. The summed E-state index contributed by atoms with van der Waals surface area (Å²) in [5, 5.41) is 6.37. The summed E-state index contributed by atoms with van der Waals surface area (Å²) in [5.74, 6) is 0. The quantitative estimate of drug-likeness (QED) is 0.457. The lowest BCUT2D eigenvalue weighted by Gasteiger charge is -2.06. The number of nitrogens with one attached hydrogen (secondary N) is 2. The molecule has 0 aliphatic carbocycles. The first-order valence-corrected chi connectivity index (χ1v) is 3.59. The molecule has 4 heteroatoms. The van der Waals surface area contributed by atoms with E-state index in [0.29, 0.717) is 0 Å². The summed E-state index contributed by atoms with van der Waals surface area (Å²) in [5.41, 5.74) is 3.17. The number of carbonyl (C=O) groups is 1. The van der Waals surface area contributed by atoms with Gasteiger partial charge in [-0.2, -0.15) is 5.10 Å². The summed E-state index contributed by atoms with van der Waals surface area (Å²) < 4.78 is 0. The minimum atomic E-state index is -0.263. The number of nitrogens with zero attached hydrogens (tertiary/aromatic N) is 1. The van der Waals surface area contributed by atoms with Crippen LogP contribution < -0.4 is 10.7 Å². The summed E-state index contributed by atoms with van der Waals surface area (Å²) in [6, 6.07) is -0.122. The van der Waals surface area contributed by atoms with Gasteiger partial charge in [0.15, 0.2) is 0 Å².